The molecule has 1 aliphatic heterocycles. The number of fused-ring (bicyclic) bond motifs is 1. The molecule has 39 heavy (non-hydrogen) atoms. The maximum absolute atomic E-state index is 12.8. The molecule has 0 bridgehead atoms. The molecule has 204 valence electrons. The third-order valence-corrected chi connectivity index (χ3v) is 7.09. The number of likely N-dealkylation sites (tertiary alicyclic amines) is 1. The average molecular weight is 548 g/mol. The topological polar surface area (TPSA) is 92.5 Å². The van der Waals surface area contributed by atoms with E-state index in [0.29, 0.717) is 37.1 Å². The molecule has 0 radical (unpaired) electrons. The summed E-state index contributed by atoms with van der Waals surface area (Å²) < 4.78 is 7.84. The summed E-state index contributed by atoms with van der Waals surface area (Å²) in [6, 6.07) is 17.0. The zero-order valence-electron chi connectivity index (χ0n) is 22.5. The Hall–Kier alpha value is -3.78. The van der Waals surface area contributed by atoms with Crippen molar-refractivity contribution in [1.82, 2.24) is 19.4 Å². The number of phenolic OH excluding ortho intramolecular Hbond substituents is 1. The van der Waals surface area contributed by atoms with Crippen molar-refractivity contribution in [2.75, 3.05) is 18.4 Å². The van der Waals surface area contributed by atoms with Crippen LogP contribution in [0.25, 0.3) is 22.3 Å². The fourth-order valence-corrected chi connectivity index (χ4v) is 5.25. The summed E-state index contributed by atoms with van der Waals surface area (Å²) in [5.74, 6) is 0.938. The number of aromatic nitrogens is 3. The van der Waals surface area contributed by atoms with Crippen LogP contribution in [-0.2, 0) is 17.8 Å². The number of piperidine rings is 1. The lowest BCUT2D eigenvalue weighted by Crippen LogP contribution is -2.43. The summed E-state index contributed by atoms with van der Waals surface area (Å²) in [4.78, 5) is 24.0. The van der Waals surface area contributed by atoms with Crippen LogP contribution in [0, 0.1) is 5.92 Å². The van der Waals surface area contributed by atoms with Gasteiger partial charge >= 0.3 is 6.09 Å². The number of aromatic hydroxyl groups is 1. The van der Waals surface area contributed by atoms with Gasteiger partial charge in [-0.15, -0.1) is 0 Å². The maximum atomic E-state index is 12.8. The number of nitrogens with zero attached hydrogens (tertiary/aromatic N) is 4. The first-order valence-electron chi connectivity index (χ1n) is 13.3. The van der Waals surface area contributed by atoms with Crippen molar-refractivity contribution in [3.05, 3.63) is 71.4 Å². The van der Waals surface area contributed by atoms with Gasteiger partial charge in [-0.3, -0.25) is 0 Å². The first-order chi connectivity index (χ1) is 18.7. The summed E-state index contributed by atoms with van der Waals surface area (Å²) in [7, 11) is 0. The number of anilines is 1. The van der Waals surface area contributed by atoms with Crippen LogP contribution in [0.15, 0.2) is 60.8 Å². The Bertz CT molecular complexity index is 1480. The Morgan fingerprint density at radius 1 is 1.18 bits per heavy atom. The Labute approximate surface area is 233 Å². The van der Waals surface area contributed by atoms with Crippen LogP contribution in [-0.4, -0.2) is 49.3 Å². The molecule has 5 rings (SSSR count). The minimum absolute atomic E-state index is 0.219. The third-order valence-electron chi connectivity index (χ3n) is 6.76. The van der Waals surface area contributed by atoms with Gasteiger partial charge in [0.25, 0.3) is 0 Å². The number of carbonyl (C=O) groups excluding carboxylic acids is 1. The molecule has 1 amide bonds. The fraction of sp³-hybridized carbons (Fsp3) is 0.367. The van der Waals surface area contributed by atoms with Gasteiger partial charge in [-0.1, -0.05) is 41.9 Å². The van der Waals surface area contributed by atoms with Crippen molar-refractivity contribution in [2.45, 2.75) is 52.3 Å². The Kier molecular flexibility index (Phi) is 7.66. The second kappa shape index (κ2) is 11.1. The molecule has 3 heterocycles. The largest absolute Gasteiger partial charge is 0.508 e. The Morgan fingerprint density at radius 3 is 2.77 bits per heavy atom. The summed E-state index contributed by atoms with van der Waals surface area (Å²) in [5.41, 5.74) is 3.08. The number of halogens is 1. The van der Waals surface area contributed by atoms with Gasteiger partial charge in [-0.2, -0.15) is 4.98 Å². The first kappa shape index (κ1) is 26.8. The minimum Gasteiger partial charge on any atom is -0.508 e. The number of phenols is 1. The molecule has 1 saturated heterocycles. The van der Waals surface area contributed by atoms with Crippen LogP contribution >= 0.6 is 11.6 Å². The van der Waals surface area contributed by atoms with E-state index < -0.39 is 5.60 Å². The number of carbonyl (C=O) groups is 1. The monoisotopic (exact) mass is 547 g/mol. The van der Waals surface area contributed by atoms with Gasteiger partial charge in [0.1, 0.15) is 17.0 Å². The van der Waals surface area contributed by atoms with Crippen LogP contribution in [0.5, 0.6) is 5.75 Å². The molecule has 1 unspecified atom stereocenters. The van der Waals surface area contributed by atoms with Gasteiger partial charge in [-0.05, 0) is 69.4 Å². The number of hydrogen-bond acceptors (Lipinski definition) is 6. The van der Waals surface area contributed by atoms with Crippen LogP contribution in [0.2, 0.25) is 5.02 Å². The van der Waals surface area contributed by atoms with Crippen molar-refractivity contribution in [3.8, 4) is 17.0 Å². The summed E-state index contributed by atoms with van der Waals surface area (Å²) in [6.45, 7) is 8.13. The van der Waals surface area contributed by atoms with Crippen LogP contribution in [0.1, 0.15) is 39.2 Å². The molecular weight excluding hydrogens is 514 g/mol. The molecule has 1 atom stereocenters. The van der Waals surface area contributed by atoms with E-state index in [4.69, 9.17) is 21.3 Å². The molecule has 0 aliphatic carbocycles. The van der Waals surface area contributed by atoms with Crippen LogP contribution < -0.4 is 5.32 Å². The van der Waals surface area contributed by atoms with E-state index in [9.17, 15) is 9.90 Å². The summed E-state index contributed by atoms with van der Waals surface area (Å²) in [6.07, 6.45) is 3.46. The summed E-state index contributed by atoms with van der Waals surface area (Å²) in [5, 5.41) is 14.6. The molecule has 0 saturated carbocycles. The van der Waals surface area contributed by atoms with Crippen molar-refractivity contribution in [1.29, 1.82) is 0 Å². The molecule has 4 aromatic rings. The second-order valence-corrected chi connectivity index (χ2v) is 11.5. The first-order valence-corrected chi connectivity index (χ1v) is 13.6. The number of ether oxygens (including phenoxy) is 1. The lowest BCUT2D eigenvalue weighted by atomic mass is 9.98. The molecule has 2 aromatic heterocycles. The molecule has 0 spiro atoms. The van der Waals surface area contributed by atoms with Gasteiger partial charge in [0.15, 0.2) is 0 Å². The average Bonchev–Trinajstić information content (AvgIpc) is 3.24. The zero-order chi connectivity index (χ0) is 27.6. The van der Waals surface area contributed by atoms with Gasteiger partial charge in [0, 0.05) is 48.3 Å². The van der Waals surface area contributed by atoms with Crippen molar-refractivity contribution < 1.29 is 14.6 Å². The van der Waals surface area contributed by atoms with Crippen molar-refractivity contribution in [3.63, 3.8) is 0 Å². The van der Waals surface area contributed by atoms with Gasteiger partial charge in [0.2, 0.25) is 5.95 Å². The van der Waals surface area contributed by atoms with E-state index in [1.807, 2.05) is 68.3 Å². The smallest absolute Gasteiger partial charge is 0.410 e. The molecule has 1 fully saturated rings. The van der Waals surface area contributed by atoms with Crippen LogP contribution in [0.4, 0.5) is 10.7 Å². The van der Waals surface area contributed by atoms with Gasteiger partial charge in [0.05, 0.1) is 5.69 Å². The highest BCUT2D eigenvalue weighted by Gasteiger charge is 2.29. The Morgan fingerprint density at radius 2 is 2.00 bits per heavy atom. The van der Waals surface area contributed by atoms with Crippen molar-refractivity contribution in [2.24, 2.45) is 5.92 Å². The number of benzene rings is 2. The summed E-state index contributed by atoms with van der Waals surface area (Å²) >= 11 is 6.64. The number of hydrogen-bond donors (Lipinski definition) is 2. The van der Waals surface area contributed by atoms with Crippen molar-refractivity contribution >= 4 is 34.7 Å². The van der Waals surface area contributed by atoms with E-state index in [0.717, 1.165) is 40.7 Å². The highest BCUT2D eigenvalue weighted by molar-refractivity contribution is 6.33. The molecule has 2 N–H and O–H groups in total. The number of rotatable bonds is 6. The number of nitrogens with one attached hydrogen (secondary N) is 1. The van der Waals surface area contributed by atoms with Crippen LogP contribution in [0.3, 0.4) is 0 Å². The molecule has 1 aliphatic rings. The molecular formula is C30H34ClN5O3. The van der Waals surface area contributed by atoms with E-state index >= 15 is 0 Å². The molecule has 8 nitrogen and oxygen atoms in total. The minimum atomic E-state index is -0.531. The zero-order valence-corrected chi connectivity index (χ0v) is 23.3. The third kappa shape index (κ3) is 6.45. The SMILES string of the molecule is CC(C)(C)OC(=O)N1CCCC(Cn2c(-c3ccccc3Cl)cc3cnc(NCc4cccc(O)c4)nc32)C1. The van der Waals surface area contributed by atoms with Gasteiger partial charge < -0.3 is 24.6 Å². The number of amides is 1. The standard InChI is InChI=1S/C30H34ClN5O3/c1-30(2,3)39-29(38)35-13-7-9-21(18-35)19-36-26(24-11-4-5-12-25(24)31)15-22-17-33-28(34-27(22)36)32-16-20-8-6-10-23(37)14-20/h4-6,8,10-12,14-15,17,21,37H,7,9,13,16,18-19H2,1-3H3,(H,32,33,34). The molecule has 2 aromatic carbocycles. The van der Waals surface area contributed by atoms with E-state index in [2.05, 4.69) is 20.9 Å². The predicted octanol–water partition coefficient (Wildman–Crippen LogP) is 6.72. The normalized spacial score (nSPS) is 15.9. The predicted molar refractivity (Wildman–Crippen MR) is 154 cm³/mol. The lowest BCUT2D eigenvalue weighted by Gasteiger charge is -2.34. The fourth-order valence-electron chi connectivity index (χ4n) is 5.01. The Balaban J connectivity index is 1.45. The maximum Gasteiger partial charge on any atom is 0.410 e. The van der Waals surface area contributed by atoms with Gasteiger partial charge in [-0.25, -0.2) is 9.78 Å². The van der Waals surface area contributed by atoms with E-state index in [1.54, 1.807) is 12.1 Å². The highest BCUT2D eigenvalue weighted by Crippen LogP contribution is 2.34. The second-order valence-electron chi connectivity index (χ2n) is 11.1. The molecule has 9 heteroatoms. The highest BCUT2D eigenvalue weighted by atomic mass is 35.5. The van der Waals surface area contributed by atoms with E-state index in [-0.39, 0.29) is 17.8 Å². The van der Waals surface area contributed by atoms with E-state index in [1.165, 1.54) is 0 Å². The lowest BCUT2D eigenvalue weighted by molar-refractivity contribution is 0.0158. The quantitative estimate of drug-likeness (QED) is 0.278.